The maximum Gasteiger partial charge on any atom is 0.161 e. The number of pyridine rings is 1. The first-order chi connectivity index (χ1) is 16.6. The molecule has 6 heteroatoms. The highest BCUT2D eigenvalue weighted by molar-refractivity contribution is 5.83. The Morgan fingerprint density at radius 2 is 1.68 bits per heavy atom. The Kier molecular flexibility index (Phi) is 6.99. The summed E-state index contributed by atoms with van der Waals surface area (Å²) in [4.78, 5) is 9.58. The van der Waals surface area contributed by atoms with Crippen LogP contribution in [-0.4, -0.2) is 72.4 Å². The fraction of sp³-hybridized carbons (Fsp3) is 0.464. The number of nitrogens with zero attached hydrogens (tertiary/aromatic N) is 3. The highest BCUT2D eigenvalue weighted by atomic mass is 16.6. The van der Waals surface area contributed by atoms with Crippen molar-refractivity contribution in [2.75, 3.05) is 52.5 Å². The van der Waals surface area contributed by atoms with E-state index < -0.39 is 6.10 Å². The summed E-state index contributed by atoms with van der Waals surface area (Å²) in [6.07, 6.45) is 2.47. The van der Waals surface area contributed by atoms with Gasteiger partial charge in [-0.3, -0.25) is 9.88 Å². The summed E-state index contributed by atoms with van der Waals surface area (Å²) in [5.41, 5.74) is 4.64. The van der Waals surface area contributed by atoms with Gasteiger partial charge in [0.15, 0.2) is 11.5 Å². The van der Waals surface area contributed by atoms with E-state index in [4.69, 9.17) is 9.47 Å². The van der Waals surface area contributed by atoms with Gasteiger partial charge in [0.2, 0.25) is 0 Å². The Morgan fingerprint density at radius 3 is 2.44 bits per heavy atom. The maximum atomic E-state index is 10.8. The summed E-state index contributed by atoms with van der Waals surface area (Å²) in [5, 5.41) is 12.1. The van der Waals surface area contributed by atoms with Gasteiger partial charge in [0.05, 0.1) is 11.6 Å². The number of rotatable bonds is 7. The van der Waals surface area contributed by atoms with Crippen LogP contribution in [-0.2, 0) is 6.42 Å². The predicted molar refractivity (Wildman–Crippen MR) is 135 cm³/mol. The normalized spacial score (nSPS) is 18.7. The third-order valence-electron chi connectivity index (χ3n) is 7.13. The molecule has 0 radical (unpaired) electrons. The van der Waals surface area contributed by atoms with Gasteiger partial charge in [-0.15, -0.1) is 0 Å². The van der Waals surface area contributed by atoms with Crippen molar-refractivity contribution in [1.82, 2.24) is 14.8 Å². The molecular formula is C28H35N3O3. The van der Waals surface area contributed by atoms with E-state index in [1.165, 1.54) is 16.5 Å². The molecule has 180 valence electrons. The number of aliphatic hydroxyl groups is 1. The molecule has 3 heterocycles. The molecule has 0 spiro atoms. The average molecular weight is 462 g/mol. The molecule has 6 nitrogen and oxygen atoms in total. The molecule has 0 amide bonds. The third kappa shape index (κ3) is 5.04. The molecule has 1 saturated heterocycles. The van der Waals surface area contributed by atoms with Crippen LogP contribution in [0.5, 0.6) is 11.5 Å². The Bertz CT molecular complexity index is 1130. The van der Waals surface area contributed by atoms with Crippen LogP contribution in [0.15, 0.2) is 48.7 Å². The van der Waals surface area contributed by atoms with Gasteiger partial charge < -0.3 is 19.5 Å². The Hall–Kier alpha value is -2.67. The quantitative estimate of drug-likeness (QED) is 0.574. The molecule has 0 saturated carbocycles. The Balaban J connectivity index is 1.16. The molecule has 1 fully saturated rings. The van der Waals surface area contributed by atoms with Crippen molar-refractivity contribution in [3.05, 3.63) is 65.4 Å². The highest BCUT2D eigenvalue weighted by Gasteiger charge is 2.23. The van der Waals surface area contributed by atoms with Crippen LogP contribution in [0.4, 0.5) is 0 Å². The van der Waals surface area contributed by atoms with E-state index in [-0.39, 0.29) is 0 Å². The lowest BCUT2D eigenvalue weighted by atomic mass is 9.95. The first kappa shape index (κ1) is 23.1. The first-order valence-electron chi connectivity index (χ1n) is 12.5. The number of β-amino-alcohol motifs (C(OH)–C–C–N with tert-alkyl or cyclic N) is 1. The molecule has 5 rings (SSSR count). The van der Waals surface area contributed by atoms with Crippen LogP contribution in [0.2, 0.25) is 0 Å². The second-order valence-electron chi connectivity index (χ2n) is 9.53. The molecular weight excluding hydrogens is 426 g/mol. The topological polar surface area (TPSA) is 58.1 Å². The number of benzene rings is 2. The van der Waals surface area contributed by atoms with E-state index in [0.29, 0.717) is 25.7 Å². The van der Waals surface area contributed by atoms with E-state index in [2.05, 4.69) is 52.9 Å². The summed E-state index contributed by atoms with van der Waals surface area (Å²) in [7, 11) is 0. The first-order valence-corrected chi connectivity index (χ1v) is 12.5. The monoisotopic (exact) mass is 461 g/mol. The maximum absolute atomic E-state index is 10.8. The van der Waals surface area contributed by atoms with Gasteiger partial charge in [-0.25, -0.2) is 0 Å². The number of aromatic nitrogens is 1. The molecule has 0 bridgehead atoms. The smallest absolute Gasteiger partial charge is 0.161 e. The van der Waals surface area contributed by atoms with Crippen molar-refractivity contribution in [2.24, 2.45) is 0 Å². The minimum absolute atomic E-state index is 0.437. The molecule has 2 aliphatic rings. The van der Waals surface area contributed by atoms with Gasteiger partial charge in [0.25, 0.3) is 0 Å². The van der Waals surface area contributed by atoms with E-state index in [1.807, 2.05) is 24.4 Å². The van der Waals surface area contributed by atoms with Crippen molar-refractivity contribution >= 4 is 10.9 Å². The van der Waals surface area contributed by atoms with Gasteiger partial charge in [-0.2, -0.15) is 0 Å². The van der Waals surface area contributed by atoms with Crippen LogP contribution >= 0.6 is 0 Å². The lowest BCUT2D eigenvalue weighted by molar-refractivity contribution is 0.0706. The number of hydrogen-bond acceptors (Lipinski definition) is 6. The molecule has 34 heavy (non-hydrogen) atoms. The number of piperazine rings is 1. The van der Waals surface area contributed by atoms with E-state index >= 15 is 0 Å². The summed E-state index contributed by atoms with van der Waals surface area (Å²) >= 11 is 0. The Labute approximate surface area is 202 Å². The minimum atomic E-state index is -0.530. The lowest BCUT2D eigenvalue weighted by Gasteiger charge is -2.37. The number of hydrogen-bond donors (Lipinski definition) is 1. The van der Waals surface area contributed by atoms with E-state index in [0.717, 1.165) is 61.7 Å². The number of ether oxygens (including phenoxy) is 2. The predicted octanol–water partition coefficient (Wildman–Crippen LogP) is 4.02. The summed E-state index contributed by atoms with van der Waals surface area (Å²) in [6, 6.07) is 14.6. The fourth-order valence-electron chi connectivity index (χ4n) is 5.10. The van der Waals surface area contributed by atoms with Crippen molar-refractivity contribution in [2.45, 2.75) is 32.3 Å². The second kappa shape index (κ2) is 10.3. The van der Waals surface area contributed by atoms with Crippen molar-refractivity contribution in [3.63, 3.8) is 0 Å². The molecule has 1 aromatic heterocycles. The van der Waals surface area contributed by atoms with Gasteiger partial charge in [-0.05, 0) is 53.3 Å². The molecule has 2 atom stereocenters. The van der Waals surface area contributed by atoms with Crippen LogP contribution in [0, 0.1) is 0 Å². The SMILES string of the molecule is CCc1cnc2cccc(C(C)CN3CCN(CC(O)c4ccc5c(c4)OCCO5)CC3)c2c1. The molecule has 3 aromatic rings. The molecule has 2 aliphatic heterocycles. The zero-order valence-electron chi connectivity index (χ0n) is 20.2. The number of aliphatic hydroxyl groups excluding tert-OH is 1. The summed E-state index contributed by atoms with van der Waals surface area (Å²) in [6.45, 7) is 11.3. The van der Waals surface area contributed by atoms with E-state index in [1.54, 1.807) is 0 Å². The molecule has 2 unspecified atom stereocenters. The van der Waals surface area contributed by atoms with Gasteiger partial charge >= 0.3 is 0 Å². The lowest BCUT2D eigenvalue weighted by Crippen LogP contribution is -2.48. The van der Waals surface area contributed by atoms with Crippen molar-refractivity contribution in [3.8, 4) is 11.5 Å². The van der Waals surface area contributed by atoms with Crippen LogP contribution in [0.25, 0.3) is 10.9 Å². The van der Waals surface area contributed by atoms with Gasteiger partial charge in [0.1, 0.15) is 13.2 Å². The van der Waals surface area contributed by atoms with Gasteiger partial charge in [-0.1, -0.05) is 32.0 Å². The number of aryl methyl sites for hydroxylation is 1. The number of fused-ring (bicyclic) bond motifs is 2. The summed E-state index contributed by atoms with van der Waals surface area (Å²) in [5.74, 6) is 1.93. The highest BCUT2D eigenvalue weighted by Crippen LogP contribution is 2.33. The average Bonchev–Trinajstić information content (AvgIpc) is 2.88. The standard InChI is InChI=1S/C28H35N3O3/c1-3-21-15-24-23(5-4-6-25(24)29-17-21)20(2)18-30-9-11-31(12-10-30)19-26(32)22-7-8-27-28(16-22)34-14-13-33-27/h4-8,15-17,20,26,32H,3,9-14,18-19H2,1-2H3. The summed E-state index contributed by atoms with van der Waals surface area (Å²) < 4.78 is 11.3. The van der Waals surface area contributed by atoms with Crippen LogP contribution in [0.1, 0.15) is 42.6 Å². The molecule has 2 aromatic carbocycles. The Morgan fingerprint density at radius 1 is 0.941 bits per heavy atom. The van der Waals surface area contributed by atoms with Gasteiger partial charge in [0, 0.05) is 50.9 Å². The second-order valence-corrected chi connectivity index (χ2v) is 9.53. The van der Waals surface area contributed by atoms with Crippen molar-refractivity contribution in [1.29, 1.82) is 0 Å². The molecule has 0 aliphatic carbocycles. The zero-order valence-corrected chi connectivity index (χ0v) is 20.2. The third-order valence-corrected chi connectivity index (χ3v) is 7.13. The van der Waals surface area contributed by atoms with Crippen LogP contribution in [0.3, 0.4) is 0 Å². The van der Waals surface area contributed by atoms with E-state index in [9.17, 15) is 5.11 Å². The van der Waals surface area contributed by atoms with Crippen LogP contribution < -0.4 is 9.47 Å². The van der Waals surface area contributed by atoms with Crippen molar-refractivity contribution < 1.29 is 14.6 Å². The largest absolute Gasteiger partial charge is 0.486 e. The minimum Gasteiger partial charge on any atom is -0.486 e. The zero-order chi connectivity index (χ0) is 23.5. The fourth-order valence-corrected chi connectivity index (χ4v) is 5.10. The molecule has 1 N–H and O–H groups in total.